The highest BCUT2D eigenvalue weighted by atomic mass is 16.5. The van der Waals surface area contributed by atoms with Crippen LogP contribution in [0.4, 0.5) is 17.6 Å². The van der Waals surface area contributed by atoms with Crippen molar-refractivity contribution in [2.24, 2.45) is 0 Å². The fourth-order valence-corrected chi connectivity index (χ4v) is 2.15. The average molecular weight is 331 g/mol. The zero-order valence-electron chi connectivity index (χ0n) is 12.9. The summed E-state index contributed by atoms with van der Waals surface area (Å²) in [4.78, 5) is 25.3. The number of carbonyl (C=O) groups is 1. The highest BCUT2D eigenvalue weighted by Gasteiger charge is 2.17. The molecule has 2 heterocycles. The van der Waals surface area contributed by atoms with Gasteiger partial charge >= 0.3 is 12.0 Å². The lowest BCUT2D eigenvalue weighted by Gasteiger charge is -2.26. The van der Waals surface area contributed by atoms with Gasteiger partial charge in [-0.05, 0) is 12.1 Å². The molecule has 9 nitrogen and oxygen atoms in total. The second-order valence-electron chi connectivity index (χ2n) is 5.01. The topological polar surface area (TPSA) is 110 Å². The van der Waals surface area contributed by atoms with E-state index in [1.54, 1.807) is 0 Å². The van der Waals surface area contributed by atoms with E-state index in [4.69, 9.17) is 14.6 Å². The summed E-state index contributed by atoms with van der Waals surface area (Å²) in [6.07, 6.45) is 0. The molecule has 0 atom stereocenters. The third kappa shape index (κ3) is 4.29. The summed E-state index contributed by atoms with van der Waals surface area (Å²) in [5.41, 5.74) is 0.806. The van der Waals surface area contributed by atoms with Crippen LogP contribution >= 0.6 is 0 Å². The van der Waals surface area contributed by atoms with Gasteiger partial charge < -0.3 is 24.8 Å². The molecule has 2 N–H and O–H groups in total. The lowest BCUT2D eigenvalue weighted by Crippen LogP contribution is -2.37. The summed E-state index contributed by atoms with van der Waals surface area (Å²) in [7, 11) is 0. The Labute approximate surface area is 138 Å². The van der Waals surface area contributed by atoms with Gasteiger partial charge in [-0.3, -0.25) is 0 Å². The molecule has 0 spiro atoms. The summed E-state index contributed by atoms with van der Waals surface area (Å²) in [6, 6.07) is 9.38. The number of para-hydroxylation sites is 1. The normalized spacial score (nSPS) is 14.2. The molecule has 3 rings (SSSR count). The van der Waals surface area contributed by atoms with Gasteiger partial charge in [0.05, 0.1) is 13.2 Å². The van der Waals surface area contributed by atoms with E-state index in [0.29, 0.717) is 32.3 Å². The number of benzene rings is 1. The van der Waals surface area contributed by atoms with E-state index < -0.39 is 12.6 Å². The molecule has 126 valence electrons. The van der Waals surface area contributed by atoms with Gasteiger partial charge in [-0.25, -0.2) is 4.79 Å². The highest BCUT2D eigenvalue weighted by Crippen LogP contribution is 2.19. The summed E-state index contributed by atoms with van der Waals surface area (Å²) >= 11 is 0. The van der Waals surface area contributed by atoms with Gasteiger partial charge in [0, 0.05) is 18.8 Å². The van der Waals surface area contributed by atoms with Crippen molar-refractivity contribution in [2.45, 2.75) is 0 Å². The molecule has 0 bridgehead atoms. The van der Waals surface area contributed by atoms with Gasteiger partial charge in [0.2, 0.25) is 11.9 Å². The van der Waals surface area contributed by atoms with E-state index in [1.807, 2.05) is 35.2 Å². The third-order valence-corrected chi connectivity index (χ3v) is 3.25. The Bertz CT molecular complexity index is 692. The molecule has 0 saturated carbocycles. The first-order chi connectivity index (χ1) is 11.7. The van der Waals surface area contributed by atoms with Crippen LogP contribution in [0.15, 0.2) is 30.3 Å². The molecular weight excluding hydrogens is 314 g/mol. The Balaban J connectivity index is 1.85. The van der Waals surface area contributed by atoms with Crippen molar-refractivity contribution in [1.82, 2.24) is 15.0 Å². The lowest BCUT2D eigenvalue weighted by atomic mass is 10.3. The molecule has 0 radical (unpaired) electrons. The average Bonchev–Trinajstić information content (AvgIpc) is 2.61. The third-order valence-electron chi connectivity index (χ3n) is 3.25. The Morgan fingerprint density at radius 3 is 2.67 bits per heavy atom. The van der Waals surface area contributed by atoms with Crippen molar-refractivity contribution in [3.63, 3.8) is 0 Å². The van der Waals surface area contributed by atoms with Crippen molar-refractivity contribution >= 4 is 23.6 Å². The summed E-state index contributed by atoms with van der Waals surface area (Å²) < 4.78 is 10.4. The molecule has 1 aromatic heterocycles. The van der Waals surface area contributed by atoms with E-state index in [0.717, 1.165) is 5.69 Å². The predicted octanol–water partition coefficient (Wildman–Crippen LogP) is 0.915. The number of carboxylic acids is 1. The number of carboxylic acid groups (broad SMARTS) is 1. The van der Waals surface area contributed by atoms with Crippen molar-refractivity contribution in [3.8, 4) is 6.01 Å². The number of nitrogens with zero attached hydrogens (tertiary/aromatic N) is 4. The first-order valence-corrected chi connectivity index (χ1v) is 7.46. The number of aliphatic carboxylic acids is 1. The van der Waals surface area contributed by atoms with Crippen molar-refractivity contribution in [3.05, 3.63) is 30.3 Å². The van der Waals surface area contributed by atoms with Gasteiger partial charge in [-0.15, -0.1) is 0 Å². The molecule has 1 aromatic carbocycles. The molecular formula is C15H17N5O4. The number of hydrogen-bond donors (Lipinski definition) is 2. The van der Waals surface area contributed by atoms with Gasteiger partial charge in [0.1, 0.15) is 0 Å². The first kappa shape index (κ1) is 15.9. The largest absolute Gasteiger partial charge is 0.479 e. The quantitative estimate of drug-likeness (QED) is 0.798. The zero-order valence-corrected chi connectivity index (χ0v) is 12.9. The number of nitrogens with one attached hydrogen (secondary N) is 1. The molecule has 9 heteroatoms. The molecule has 0 amide bonds. The van der Waals surface area contributed by atoms with Crippen LogP contribution in [0.1, 0.15) is 0 Å². The number of aromatic nitrogens is 3. The van der Waals surface area contributed by atoms with Gasteiger partial charge in [0.25, 0.3) is 0 Å². The molecule has 24 heavy (non-hydrogen) atoms. The highest BCUT2D eigenvalue weighted by molar-refractivity contribution is 5.68. The minimum Gasteiger partial charge on any atom is -0.479 e. The minimum absolute atomic E-state index is 0.0349. The van der Waals surface area contributed by atoms with Crippen LogP contribution in [0, 0.1) is 0 Å². The first-order valence-electron chi connectivity index (χ1n) is 7.46. The maximum atomic E-state index is 10.7. The van der Waals surface area contributed by atoms with Crippen molar-refractivity contribution in [2.75, 3.05) is 43.1 Å². The lowest BCUT2D eigenvalue weighted by molar-refractivity contribution is -0.139. The number of rotatable bonds is 6. The summed E-state index contributed by atoms with van der Waals surface area (Å²) in [5.74, 6) is -0.383. The van der Waals surface area contributed by atoms with Crippen LogP contribution in [0.3, 0.4) is 0 Å². The van der Waals surface area contributed by atoms with Crippen LogP contribution in [-0.4, -0.2) is 58.9 Å². The van der Waals surface area contributed by atoms with E-state index in [-0.39, 0.29) is 12.0 Å². The maximum absolute atomic E-state index is 10.7. The van der Waals surface area contributed by atoms with Gasteiger partial charge in [0.15, 0.2) is 6.61 Å². The summed E-state index contributed by atoms with van der Waals surface area (Å²) in [6.45, 7) is 1.94. The van der Waals surface area contributed by atoms with Crippen LogP contribution in [0.2, 0.25) is 0 Å². The second kappa shape index (κ2) is 7.55. The van der Waals surface area contributed by atoms with Crippen LogP contribution in [0.5, 0.6) is 6.01 Å². The molecule has 1 fully saturated rings. The predicted molar refractivity (Wildman–Crippen MR) is 85.7 cm³/mol. The Hall–Kier alpha value is -2.94. The van der Waals surface area contributed by atoms with Crippen molar-refractivity contribution < 1.29 is 19.4 Å². The number of ether oxygens (including phenoxy) is 2. The fourth-order valence-electron chi connectivity index (χ4n) is 2.15. The van der Waals surface area contributed by atoms with E-state index in [1.165, 1.54) is 0 Å². The van der Waals surface area contributed by atoms with Crippen LogP contribution < -0.4 is 15.0 Å². The van der Waals surface area contributed by atoms with E-state index in [9.17, 15) is 4.79 Å². The zero-order chi connectivity index (χ0) is 16.8. The molecule has 1 aliphatic rings. The fraction of sp³-hybridized carbons (Fsp3) is 0.333. The standard InChI is InChI=1S/C15H17N5O4/c21-12(22)10-24-15-18-13(16-11-4-2-1-3-5-11)17-14(19-15)20-6-8-23-9-7-20/h1-5H,6-10H2,(H,21,22)(H,16,17,18,19). The SMILES string of the molecule is O=C(O)COc1nc(Nc2ccccc2)nc(N2CCOCC2)n1. The molecule has 1 saturated heterocycles. The van der Waals surface area contributed by atoms with Crippen molar-refractivity contribution in [1.29, 1.82) is 0 Å². The Morgan fingerprint density at radius 1 is 1.21 bits per heavy atom. The number of anilines is 3. The molecule has 1 aliphatic heterocycles. The van der Waals surface area contributed by atoms with E-state index >= 15 is 0 Å². The Morgan fingerprint density at radius 2 is 1.96 bits per heavy atom. The molecule has 2 aromatic rings. The summed E-state index contributed by atoms with van der Waals surface area (Å²) in [5, 5.41) is 11.8. The Kier molecular flexibility index (Phi) is 5.02. The molecule has 0 aliphatic carbocycles. The maximum Gasteiger partial charge on any atom is 0.341 e. The van der Waals surface area contributed by atoms with Crippen LogP contribution in [0.25, 0.3) is 0 Å². The molecule has 0 unspecified atom stereocenters. The number of morpholine rings is 1. The number of hydrogen-bond acceptors (Lipinski definition) is 8. The van der Waals surface area contributed by atoms with E-state index in [2.05, 4.69) is 20.3 Å². The smallest absolute Gasteiger partial charge is 0.341 e. The van der Waals surface area contributed by atoms with Gasteiger partial charge in [-0.1, -0.05) is 18.2 Å². The van der Waals surface area contributed by atoms with Crippen LogP contribution in [-0.2, 0) is 9.53 Å². The van der Waals surface area contributed by atoms with Gasteiger partial charge in [-0.2, -0.15) is 15.0 Å². The monoisotopic (exact) mass is 331 g/mol. The minimum atomic E-state index is -1.10. The second-order valence-corrected chi connectivity index (χ2v) is 5.01.